The van der Waals surface area contributed by atoms with Crippen LogP contribution in [0.4, 0.5) is 0 Å². The van der Waals surface area contributed by atoms with E-state index in [4.69, 9.17) is 0 Å². The molecule has 0 atom stereocenters. The van der Waals surface area contributed by atoms with E-state index in [2.05, 4.69) is 228 Å². The van der Waals surface area contributed by atoms with E-state index in [0.29, 0.717) is 0 Å². The SMILES string of the molecule is c1ccc(-c2ccc3c(c2)c2cc(-c4ccc(-c5ccc6c(c5)c5cc(-c7ccccc7)ccc5n6-c5ccccc5)cc4)ccc2n3-c2ccccc2)cc1. The second-order valence-corrected chi connectivity index (χ2v) is 14.6. The van der Waals surface area contributed by atoms with Crippen molar-refractivity contribution < 1.29 is 0 Å². The number of benzene rings is 9. The molecular formula is C54H36N2. The molecule has 0 aliphatic carbocycles. The minimum atomic E-state index is 1.16. The van der Waals surface area contributed by atoms with Crippen LogP contribution in [0.1, 0.15) is 0 Å². The van der Waals surface area contributed by atoms with Crippen LogP contribution in [0.5, 0.6) is 0 Å². The first-order valence-electron chi connectivity index (χ1n) is 19.3. The third kappa shape index (κ3) is 5.34. The summed E-state index contributed by atoms with van der Waals surface area (Å²) in [5, 5.41) is 5.00. The molecule has 262 valence electrons. The Morgan fingerprint density at radius 2 is 0.429 bits per heavy atom. The third-order valence-electron chi connectivity index (χ3n) is 11.3. The van der Waals surface area contributed by atoms with Crippen molar-refractivity contribution in [3.63, 3.8) is 0 Å². The number of hydrogen-bond donors (Lipinski definition) is 0. The molecule has 0 saturated carbocycles. The topological polar surface area (TPSA) is 9.86 Å². The van der Waals surface area contributed by atoms with Crippen molar-refractivity contribution in [2.75, 3.05) is 0 Å². The molecule has 2 heterocycles. The van der Waals surface area contributed by atoms with Crippen molar-refractivity contribution in [3.8, 4) is 55.9 Å². The summed E-state index contributed by atoms with van der Waals surface area (Å²) in [5.74, 6) is 0. The van der Waals surface area contributed by atoms with Crippen molar-refractivity contribution in [1.29, 1.82) is 0 Å². The third-order valence-corrected chi connectivity index (χ3v) is 11.3. The first kappa shape index (κ1) is 32.0. The quantitative estimate of drug-likeness (QED) is 0.162. The van der Waals surface area contributed by atoms with Gasteiger partial charge >= 0.3 is 0 Å². The van der Waals surface area contributed by atoms with Crippen LogP contribution >= 0.6 is 0 Å². The number of fused-ring (bicyclic) bond motifs is 6. The van der Waals surface area contributed by atoms with Crippen molar-refractivity contribution in [2.45, 2.75) is 0 Å². The lowest BCUT2D eigenvalue weighted by Crippen LogP contribution is -1.93. The molecule has 0 aliphatic rings. The van der Waals surface area contributed by atoms with Gasteiger partial charge in [-0.3, -0.25) is 0 Å². The highest BCUT2D eigenvalue weighted by Gasteiger charge is 2.17. The molecule has 0 aliphatic heterocycles. The molecule has 2 nitrogen and oxygen atoms in total. The Bertz CT molecular complexity index is 2970. The Hall–Kier alpha value is -7.42. The van der Waals surface area contributed by atoms with E-state index in [1.54, 1.807) is 0 Å². The average molecular weight is 713 g/mol. The molecular weight excluding hydrogens is 677 g/mol. The van der Waals surface area contributed by atoms with Gasteiger partial charge in [-0.05, 0) is 117 Å². The monoisotopic (exact) mass is 712 g/mol. The first-order chi connectivity index (χ1) is 27.8. The molecule has 9 aromatic carbocycles. The standard InChI is InChI=1S/C54H36N2/c1-5-13-37(14-6-1)41-25-29-51-47(33-41)49-35-43(27-31-53(49)55(51)45-17-9-3-10-18-45)39-21-23-40(24-22-39)44-28-32-54-50(36-44)48-34-42(38-15-7-2-8-16-38)26-30-52(48)56(54)46-19-11-4-12-20-46/h1-36H. The number of hydrogen-bond acceptors (Lipinski definition) is 0. The maximum absolute atomic E-state index is 2.39. The Kier molecular flexibility index (Phi) is 7.53. The second-order valence-electron chi connectivity index (χ2n) is 14.6. The molecule has 2 heteroatoms. The highest BCUT2D eigenvalue weighted by Crippen LogP contribution is 2.39. The van der Waals surface area contributed by atoms with Gasteiger partial charge < -0.3 is 9.13 Å². The number of nitrogens with zero attached hydrogens (tertiary/aromatic N) is 2. The van der Waals surface area contributed by atoms with Crippen LogP contribution in [-0.2, 0) is 0 Å². The van der Waals surface area contributed by atoms with Crippen LogP contribution in [0.2, 0.25) is 0 Å². The molecule has 0 N–H and O–H groups in total. The smallest absolute Gasteiger partial charge is 0.0541 e. The predicted molar refractivity (Wildman–Crippen MR) is 237 cm³/mol. The van der Waals surface area contributed by atoms with E-state index in [1.165, 1.54) is 88.1 Å². The van der Waals surface area contributed by atoms with Crippen LogP contribution in [0, 0.1) is 0 Å². The highest BCUT2D eigenvalue weighted by molar-refractivity contribution is 6.13. The maximum atomic E-state index is 2.39. The fourth-order valence-corrected chi connectivity index (χ4v) is 8.59. The van der Waals surface area contributed by atoms with Gasteiger partial charge in [0.15, 0.2) is 0 Å². The van der Waals surface area contributed by atoms with Gasteiger partial charge in [0, 0.05) is 32.9 Å². The van der Waals surface area contributed by atoms with Gasteiger partial charge in [-0.2, -0.15) is 0 Å². The van der Waals surface area contributed by atoms with Gasteiger partial charge in [-0.25, -0.2) is 0 Å². The highest BCUT2D eigenvalue weighted by atomic mass is 15.0. The van der Waals surface area contributed by atoms with Crippen LogP contribution in [-0.4, -0.2) is 9.13 Å². The summed E-state index contributed by atoms with van der Waals surface area (Å²) in [6.45, 7) is 0. The average Bonchev–Trinajstić information content (AvgIpc) is 3.79. The van der Waals surface area contributed by atoms with Gasteiger partial charge in [0.05, 0.1) is 22.1 Å². The summed E-state index contributed by atoms with van der Waals surface area (Å²) < 4.78 is 4.78. The minimum absolute atomic E-state index is 1.16. The van der Waals surface area contributed by atoms with E-state index in [-0.39, 0.29) is 0 Å². The van der Waals surface area contributed by atoms with E-state index in [0.717, 1.165) is 11.4 Å². The second kappa shape index (κ2) is 13.2. The van der Waals surface area contributed by atoms with Crippen molar-refractivity contribution in [3.05, 3.63) is 218 Å². The molecule has 56 heavy (non-hydrogen) atoms. The van der Waals surface area contributed by atoms with E-state index >= 15 is 0 Å². The van der Waals surface area contributed by atoms with Gasteiger partial charge in [-0.15, -0.1) is 0 Å². The summed E-state index contributed by atoms with van der Waals surface area (Å²) >= 11 is 0. The van der Waals surface area contributed by atoms with Gasteiger partial charge in [0.1, 0.15) is 0 Å². The van der Waals surface area contributed by atoms with E-state index in [9.17, 15) is 0 Å². The summed E-state index contributed by atoms with van der Waals surface area (Å²) in [6, 6.07) is 79.4. The molecule has 2 aromatic heterocycles. The largest absolute Gasteiger partial charge is 0.309 e. The Balaban J connectivity index is 1.02. The molecule has 0 amide bonds. The molecule has 0 saturated heterocycles. The molecule has 0 spiro atoms. The number of para-hydroxylation sites is 2. The number of rotatable bonds is 6. The predicted octanol–water partition coefficient (Wildman–Crippen LogP) is 14.5. The molecule has 11 rings (SSSR count). The lowest BCUT2D eigenvalue weighted by molar-refractivity contribution is 1.18. The minimum Gasteiger partial charge on any atom is -0.309 e. The number of aromatic nitrogens is 2. The van der Waals surface area contributed by atoms with Crippen LogP contribution < -0.4 is 0 Å². The van der Waals surface area contributed by atoms with Gasteiger partial charge in [0.25, 0.3) is 0 Å². The van der Waals surface area contributed by atoms with Gasteiger partial charge in [0.2, 0.25) is 0 Å². The van der Waals surface area contributed by atoms with E-state index < -0.39 is 0 Å². The summed E-state index contributed by atoms with van der Waals surface area (Å²) in [5.41, 5.74) is 16.8. The lowest BCUT2D eigenvalue weighted by atomic mass is 9.97. The molecule has 0 unspecified atom stereocenters. The lowest BCUT2D eigenvalue weighted by Gasteiger charge is -2.09. The fraction of sp³-hybridized carbons (Fsp3) is 0. The van der Waals surface area contributed by atoms with Crippen molar-refractivity contribution in [1.82, 2.24) is 9.13 Å². The van der Waals surface area contributed by atoms with Crippen molar-refractivity contribution in [2.24, 2.45) is 0 Å². The first-order valence-corrected chi connectivity index (χ1v) is 19.3. The molecule has 0 radical (unpaired) electrons. The van der Waals surface area contributed by atoms with Crippen LogP contribution in [0.3, 0.4) is 0 Å². The van der Waals surface area contributed by atoms with Crippen LogP contribution in [0.25, 0.3) is 99.5 Å². The zero-order chi connectivity index (χ0) is 37.0. The molecule has 0 fully saturated rings. The molecule has 11 aromatic rings. The molecule has 0 bridgehead atoms. The normalized spacial score (nSPS) is 11.6. The fourth-order valence-electron chi connectivity index (χ4n) is 8.59. The summed E-state index contributed by atoms with van der Waals surface area (Å²) in [4.78, 5) is 0. The maximum Gasteiger partial charge on any atom is 0.0541 e. The zero-order valence-electron chi connectivity index (χ0n) is 30.7. The van der Waals surface area contributed by atoms with E-state index in [1.807, 2.05) is 0 Å². The summed E-state index contributed by atoms with van der Waals surface area (Å²) in [7, 11) is 0. The summed E-state index contributed by atoms with van der Waals surface area (Å²) in [6.07, 6.45) is 0. The van der Waals surface area contributed by atoms with Gasteiger partial charge in [-0.1, -0.05) is 146 Å². The Labute approximate surface area is 325 Å². The Morgan fingerprint density at radius 3 is 0.714 bits per heavy atom. The van der Waals surface area contributed by atoms with Crippen LogP contribution in [0.15, 0.2) is 218 Å². The zero-order valence-corrected chi connectivity index (χ0v) is 30.7. The van der Waals surface area contributed by atoms with Crippen molar-refractivity contribution >= 4 is 43.6 Å². The Morgan fingerprint density at radius 1 is 0.196 bits per heavy atom.